The number of rotatable bonds is 5. The minimum atomic E-state index is -0.147. The summed E-state index contributed by atoms with van der Waals surface area (Å²) < 4.78 is 1.99. The van der Waals surface area contributed by atoms with E-state index < -0.39 is 0 Å². The van der Waals surface area contributed by atoms with E-state index in [0.29, 0.717) is 11.9 Å². The van der Waals surface area contributed by atoms with Crippen molar-refractivity contribution in [3.8, 4) is 5.69 Å². The third-order valence-electron chi connectivity index (χ3n) is 6.54. The van der Waals surface area contributed by atoms with Crippen molar-refractivity contribution in [1.82, 2.24) is 19.5 Å². The van der Waals surface area contributed by atoms with Crippen LogP contribution in [0.4, 0.5) is 23.1 Å². The highest BCUT2D eigenvalue weighted by molar-refractivity contribution is 6.03. The van der Waals surface area contributed by atoms with Gasteiger partial charge in [0.15, 0.2) is 5.82 Å². The van der Waals surface area contributed by atoms with Crippen LogP contribution >= 0.6 is 0 Å². The highest BCUT2D eigenvalue weighted by Gasteiger charge is 2.39. The number of benzene rings is 1. The molecule has 32 heavy (non-hydrogen) atoms. The van der Waals surface area contributed by atoms with E-state index in [1.54, 1.807) is 0 Å². The quantitative estimate of drug-likeness (QED) is 0.629. The van der Waals surface area contributed by atoms with Crippen LogP contribution < -0.4 is 15.5 Å². The van der Waals surface area contributed by atoms with Crippen molar-refractivity contribution >= 4 is 29.0 Å². The van der Waals surface area contributed by atoms with Gasteiger partial charge in [0.05, 0.1) is 17.7 Å². The van der Waals surface area contributed by atoms with Crippen LogP contribution in [-0.2, 0) is 11.2 Å². The van der Waals surface area contributed by atoms with E-state index >= 15 is 0 Å². The molecule has 2 aliphatic rings. The van der Waals surface area contributed by atoms with E-state index in [4.69, 9.17) is 9.97 Å². The van der Waals surface area contributed by atoms with Gasteiger partial charge in [0.1, 0.15) is 11.7 Å². The summed E-state index contributed by atoms with van der Waals surface area (Å²) in [6, 6.07) is 7.95. The summed E-state index contributed by atoms with van der Waals surface area (Å²) in [6.07, 6.45) is 7.60. The lowest BCUT2D eigenvalue weighted by Gasteiger charge is -2.43. The lowest BCUT2D eigenvalue weighted by molar-refractivity contribution is -0.118. The SMILES string of the molecule is CCc1nc(Nc2ccc(-n3cnc(C)c3)cc2)nc2c1NC(=O)C1CC(CC)CCN21. The molecule has 1 amide bonds. The maximum absolute atomic E-state index is 12.8. The highest BCUT2D eigenvalue weighted by Crippen LogP contribution is 2.39. The number of carbonyl (C=O) groups is 1. The van der Waals surface area contributed by atoms with E-state index in [9.17, 15) is 4.79 Å². The maximum atomic E-state index is 12.8. The number of piperidine rings is 1. The van der Waals surface area contributed by atoms with Crippen LogP contribution in [0.15, 0.2) is 36.8 Å². The first kappa shape index (κ1) is 20.5. The van der Waals surface area contributed by atoms with Crippen molar-refractivity contribution in [2.24, 2.45) is 5.92 Å². The number of imidazole rings is 1. The molecular weight excluding hydrogens is 402 g/mol. The second-order valence-electron chi connectivity index (χ2n) is 8.64. The molecule has 4 heterocycles. The van der Waals surface area contributed by atoms with Gasteiger partial charge < -0.3 is 20.1 Å². The summed E-state index contributed by atoms with van der Waals surface area (Å²) in [5, 5.41) is 6.45. The zero-order valence-electron chi connectivity index (χ0n) is 18.8. The van der Waals surface area contributed by atoms with Gasteiger partial charge in [-0.2, -0.15) is 4.98 Å². The van der Waals surface area contributed by atoms with Gasteiger partial charge in [0.25, 0.3) is 0 Å². The Morgan fingerprint density at radius 3 is 2.69 bits per heavy atom. The van der Waals surface area contributed by atoms with Gasteiger partial charge in [-0.15, -0.1) is 0 Å². The van der Waals surface area contributed by atoms with Crippen LogP contribution in [0.3, 0.4) is 0 Å². The Balaban J connectivity index is 1.43. The van der Waals surface area contributed by atoms with Crippen LogP contribution in [0.1, 0.15) is 44.5 Å². The van der Waals surface area contributed by atoms with E-state index in [-0.39, 0.29) is 11.9 Å². The maximum Gasteiger partial charge on any atom is 0.247 e. The highest BCUT2D eigenvalue weighted by atomic mass is 16.2. The predicted octanol–water partition coefficient (Wildman–Crippen LogP) is 4.22. The molecule has 2 aromatic heterocycles. The molecule has 1 saturated heterocycles. The van der Waals surface area contributed by atoms with Crippen molar-refractivity contribution in [2.45, 2.75) is 52.5 Å². The van der Waals surface area contributed by atoms with Gasteiger partial charge in [0.2, 0.25) is 11.9 Å². The summed E-state index contributed by atoms with van der Waals surface area (Å²) in [7, 11) is 0. The number of amides is 1. The molecule has 0 spiro atoms. The number of hydrogen-bond acceptors (Lipinski definition) is 6. The first-order valence-electron chi connectivity index (χ1n) is 11.4. The monoisotopic (exact) mass is 431 g/mol. The van der Waals surface area contributed by atoms with Crippen LogP contribution in [0.2, 0.25) is 0 Å². The zero-order chi connectivity index (χ0) is 22.2. The third kappa shape index (κ3) is 3.70. The van der Waals surface area contributed by atoms with E-state index in [2.05, 4.69) is 34.4 Å². The summed E-state index contributed by atoms with van der Waals surface area (Å²) in [5.41, 5.74) is 4.55. The molecule has 2 unspecified atom stereocenters. The molecule has 5 rings (SSSR count). The Morgan fingerprint density at radius 1 is 1.19 bits per heavy atom. The van der Waals surface area contributed by atoms with Crippen LogP contribution in [0.25, 0.3) is 5.69 Å². The number of aryl methyl sites for hydroxylation is 2. The van der Waals surface area contributed by atoms with Gasteiger partial charge in [-0.3, -0.25) is 4.79 Å². The molecule has 2 N–H and O–H groups in total. The Hall–Kier alpha value is -3.42. The Kier molecular flexibility index (Phi) is 5.28. The Labute approximate surface area is 188 Å². The van der Waals surface area contributed by atoms with Crippen molar-refractivity contribution < 1.29 is 4.79 Å². The van der Waals surface area contributed by atoms with Crippen LogP contribution in [0.5, 0.6) is 0 Å². The average molecular weight is 432 g/mol. The molecule has 166 valence electrons. The fraction of sp³-hybridized carbons (Fsp3) is 0.417. The third-order valence-corrected chi connectivity index (χ3v) is 6.54. The first-order valence-corrected chi connectivity index (χ1v) is 11.4. The molecule has 0 aliphatic carbocycles. The van der Waals surface area contributed by atoms with Gasteiger partial charge in [-0.05, 0) is 56.4 Å². The van der Waals surface area contributed by atoms with Crippen molar-refractivity contribution in [2.75, 3.05) is 22.1 Å². The predicted molar refractivity (Wildman–Crippen MR) is 126 cm³/mol. The lowest BCUT2D eigenvalue weighted by atomic mass is 9.87. The molecule has 8 heteroatoms. The second-order valence-corrected chi connectivity index (χ2v) is 8.64. The van der Waals surface area contributed by atoms with Gasteiger partial charge >= 0.3 is 0 Å². The van der Waals surface area contributed by atoms with Crippen LogP contribution in [0, 0.1) is 12.8 Å². The van der Waals surface area contributed by atoms with Gasteiger partial charge in [-0.25, -0.2) is 9.97 Å². The minimum absolute atomic E-state index is 0.0694. The molecule has 0 bridgehead atoms. The number of anilines is 4. The molecular formula is C24H29N7O. The number of nitrogens with one attached hydrogen (secondary N) is 2. The zero-order valence-corrected chi connectivity index (χ0v) is 18.8. The molecule has 0 radical (unpaired) electrons. The smallest absolute Gasteiger partial charge is 0.247 e. The Morgan fingerprint density at radius 2 is 2.00 bits per heavy atom. The standard InChI is InChI=1S/C24H29N7O/c1-4-16-10-11-31-20(12-16)23(32)28-21-19(5-2)27-24(29-22(21)31)26-17-6-8-18(9-7-17)30-13-15(3)25-14-30/h6-9,13-14,16,20H,4-5,10-12H2,1-3H3,(H,28,32)(H,26,27,29). The number of hydrogen-bond donors (Lipinski definition) is 2. The van der Waals surface area contributed by atoms with E-state index in [0.717, 1.165) is 66.5 Å². The Bertz CT molecular complexity index is 1140. The fourth-order valence-electron chi connectivity index (χ4n) is 4.67. The van der Waals surface area contributed by atoms with Gasteiger partial charge in [-0.1, -0.05) is 20.3 Å². The normalized spacial score (nSPS) is 19.8. The summed E-state index contributed by atoms with van der Waals surface area (Å²) in [4.78, 5) is 28.8. The van der Waals surface area contributed by atoms with Crippen molar-refractivity contribution in [3.05, 3.63) is 48.2 Å². The molecule has 2 aliphatic heterocycles. The topological polar surface area (TPSA) is 88.0 Å². The fourth-order valence-corrected chi connectivity index (χ4v) is 4.67. The van der Waals surface area contributed by atoms with Crippen molar-refractivity contribution in [3.63, 3.8) is 0 Å². The lowest BCUT2D eigenvalue weighted by Crippen LogP contribution is -2.53. The molecule has 0 saturated carbocycles. The van der Waals surface area contributed by atoms with Crippen molar-refractivity contribution in [1.29, 1.82) is 0 Å². The molecule has 2 atom stereocenters. The number of nitrogens with zero attached hydrogens (tertiary/aromatic N) is 5. The largest absolute Gasteiger partial charge is 0.343 e. The molecule has 3 aromatic rings. The summed E-state index contributed by atoms with van der Waals surface area (Å²) in [5.74, 6) is 2.05. The first-order chi connectivity index (χ1) is 15.6. The number of carbonyl (C=O) groups excluding carboxylic acids is 1. The molecule has 1 fully saturated rings. The molecule has 1 aromatic carbocycles. The van der Waals surface area contributed by atoms with Gasteiger partial charge in [0, 0.05) is 24.1 Å². The van der Waals surface area contributed by atoms with E-state index in [1.165, 1.54) is 0 Å². The number of aromatic nitrogens is 4. The molecule has 8 nitrogen and oxygen atoms in total. The van der Waals surface area contributed by atoms with Crippen LogP contribution in [-0.4, -0.2) is 38.0 Å². The summed E-state index contributed by atoms with van der Waals surface area (Å²) in [6.45, 7) is 7.08. The second kappa shape index (κ2) is 8.26. The number of fused-ring (bicyclic) bond motifs is 3. The summed E-state index contributed by atoms with van der Waals surface area (Å²) >= 11 is 0. The minimum Gasteiger partial charge on any atom is -0.343 e. The van der Waals surface area contributed by atoms with E-state index in [1.807, 2.05) is 48.3 Å². The average Bonchev–Trinajstić information content (AvgIpc) is 3.25.